The molecule has 1 aromatic heterocycles. The molecule has 0 aliphatic carbocycles. The number of thioether (sulfide) groups is 1. The molecule has 0 fully saturated rings. The van der Waals surface area contributed by atoms with Crippen molar-refractivity contribution in [3.05, 3.63) is 40.9 Å². The second-order valence-electron chi connectivity index (χ2n) is 5.47. The average Bonchev–Trinajstić information content (AvgIpc) is 3.02. The second-order valence-corrected chi connectivity index (χ2v) is 7.92. The zero-order valence-corrected chi connectivity index (χ0v) is 16.4. The van der Waals surface area contributed by atoms with Crippen molar-refractivity contribution in [3.63, 3.8) is 0 Å². The van der Waals surface area contributed by atoms with Crippen LogP contribution in [0.25, 0.3) is 0 Å². The van der Waals surface area contributed by atoms with Crippen LogP contribution >= 0.6 is 23.1 Å². The number of rotatable bonds is 8. The Hall–Kier alpha value is -2.19. The van der Waals surface area contributed by atoms with Gasteiger partial charge in [0.2, 0.25) is 5.91 Å². The normalized spacial score (nSPS) is 11.7. The molecule has 0 saturated carbocycles. The third-order valence-electron chi connectivity index (χ3n) is 3.37. The summed E-state index contributed by atoms with van der Waals surface area (Å²) in [6.07, 6.45) is 0.133. The lowest BCUT2D eigenvalue weighted by atomic mass is 10.1. The Kier molecular flexibility index (Phi) is 7.35. The van der Waals surface area contributed by atoms with Crippen LogP contribution in [0.4, 0.5) is 5.69 Å². The number of hydrogen-bond donors (Lipinski definition) is 1. The molecule has 26 heavy (non-hydrogen) atoms. The van der Waals surface area contributed by atoms with Crippen LogP contribution in [-0.2, 0) is 20.7 Å². The lowest BCUT2D eigenvalue weighted by Crippen LogP contribution is -2.22. The number of hydrogen-bond acceptors (Lipinski definition) is 7. The molecule has 8 heteroatoms. The fourth-order valence-electron chi connectivity index (χ4n) is 2.02. The summed E-state index contributed by atoms with van der Waals surface area (Å²) in [7, 11) is 0. The van der Waals surface area contributed by atoms with Gasteiger partial charge < -0.3 is 10.1 Å². The highest BCUT2D eigenvalue weighted by molar-refractivity contribution is 8.02. The lowest BCUT2D eigenvalue weighted by molar-refractivity contribution is -0.142. The van der Waals surface area contributed by atoms with E-state index < -0.39 is 0 Å². The summed E-state index contributed by atoms with van der Waals surface area (Å²) >= 11 is 2.72. The van der Waals surface area contributed by atoms with E-state index in [0.29, 0.717) is 23.6 Å². The molecule has 0 aliphatic heterocycles. The summed E-state index contributed by atoms with van der Waals surface area (Å²) in [5.74, 6) is -0.490. The van der Waals surface area contributed by atoms with E-state index in [2.05, 4.69) is 10.3 Å². The molecule has 0 aliphatic rings. The summed E-state index contributed by atoms with van der Waals surface area (Å²) in [4.78, 5) is 39.4. The van der Waals surface area contributed by atoms with Crippen LogP contribution in [0.2, 0.25) is 0 Å². The van der Waals surface area contributed by atoms with Crippen molar-refractivity contribution in [2.75, 3.05) is 11.9 Å². The van der Waals surface area contributed by atoms with Gasteiger partial charge >= 0.3 is 5.97 Å². The standard InChI is InChI=1S/C18H20N2O4S2/c1-4-24-16(22)9-15-10-25-18(20-15)26-12(3)17(23)19-14-7-5-13(6-8-14)11(2)21/h5-8,10,12H,4,9H2,1-3H3,(H,19,23)/t12-/m0/s1. The van der Waals surface area contributed by atoms with Gasteiger partial charge in [0.15, 0.2) is 10.1 Å². The molecule has 6 nitrogen and oxygen atoms in total. The van der Waals surface area contributed by atoms with Crippen LogP contribution in [0.3, 0.4) is 0 Å². The van der Waals surface area contributed by atoms with Gasteiger partial charge in [0, 0.05) is 16.6 Å². The summed E-state index contributed by atoms with van der Waals surface area (Å²) in [5.41, 5.74) is 1.88. The first kappa shape index (κ1) is 20.1. The van der Waals surface area contributed by atoms with Gasteiger partial charge in [-0.05, 0) is 45.0 Å². The molecule has 2 rings (SSSR count). The number of ketones is 1. The molecular formula is C18H20N2O4S2. The number of ether oxygens (including phenoxy) is 1. The molecule has 2 aromatic rings. The molecule has 1 aromatic carbocycles. The van der Waals surface area contributed by atoms with Crippen LogP contribution in [0.15, 0.2) is 34.0 Å². The van der Waals surface area contributed by atoms with Crippen molar-refractivity contribution >= 4 is 46.4 Å². The maximum atomic E-state index is 12.3. The second kappa shape index (κ2) is 9.49. The predicted octanol–water partition coefficient (Wildman–Crippen LogP) is 3.57. The number of Topliss-reactive ketones (excluding diaryl/α,β-unsaturated/α-hetero) is 1. The third kappa shape index (κ3) is 5.96. The van der Waals surface area contributed by atoms with Gasteiger partial charge in [-0.2, -0.15) is 0 Å². The minimum absolute atomic E-state index is 0.0193. The number of anilines is 1. The molecule has 0 radical (unpaired) electrons. The smallest absolute Gasteiger partial charge is 0.311 e. The number of esters is 1. The summed E-state index contributed by atoms with van der Waals surface area (Å²) in [6.45, 7) is 5.39. The Morgan fingerprint density at radius 2 is 1.96 bits per heavy atom. The average molecular weight is 393 g/mol. The minimum atomic E-state index is -0.357. The van der Waals surface area contributed by atoms with Crippen LogP contribution in [0.1, 0.15) is 36.8 Å². The zero-order valence-electron chi connectivity index (χ0n) is 14.8. The van der Waals surface area contributed by atoms with E-state index in [1.54, 1.807) is 43.5 Å². The Morgan fingerprint density at radius 3 is 2.58 bits per heavy atom. The van der Waals surface area contributed by atoms with E-state index >= 15 is 0 Å². The number of nitrogens with zero attached hydrogens (tertiary/aromatic N) is 1. The Labute approximate surface area is 160 Å². The van der Waals surface area contributed by atoms with Crippen molar-refractivity contribution in [3.8, 4) is 0 Å². The van der Waals surface area contributed by atoms with E-state index in [1.807, 2.05) is 0 Å². The van der Waals surface area contributed by atoms with Gasteiger partial charge in [0.1, 0.15) is 0 Å². The SMILES string of the molecule is CCOC(=O)Cc1csc(S[C@@H](C)C(=O)Nc2ccc(C(C)=O)cc2)n1. The zero-order chi connectivity index (χ0) is 19.1. The lowest BCUT2D eigenvalue weighted by Gasteiger charge is -2.10. The van der Waals surface area contributed by atoms with Gasteiger partial charge in [0.05, 0.1) is 24.0 Å². The highest BCUT2D eigenvalue weighted by Gasteiger charge is 2.17. The molecule has 1 heterocycles. The number of thiazole rings is 1. The van der Waals surface area contributed by atoms with Crippen molar-refractivity contribution in [2.45, 2.75) is 36.8 Å². The monoisotopic (exact) mass is 392 g/mol. The predicted molar refractivity (Wildman–Crippen MR) is 103 cm³/mol. The van der Waals surface area contributed by atoms with E-state index in [9.17, 15) is 14.4 Å². The highest BCUT2D eigenvalue weighted by atomic mass is 32.2. The molecule has 138 valence electrons. The molecule has 1 amide bonds. The molecule has 1 atom stereocenters. The fourth-order valence-corrected chi connectivity index (χ4v) is 4.00. The Bertz CT molecular complexity index is 787. The molecule has 0 bridgehead atoms. The summed E-state index contributed by atoms with van der Waals surface area (Å²) < 4.78 is 5.62. The maximum Gasteiger partial charge on any atom is 0.311 e. The van der Waals surface area contributed by atoms with Crippen molar-refractivity contribution in [1.82, 2.24) is 4.98 Å². The van der Waals surface area contributed by atoms with Gasteiger partial charge in [-0.1, -0.05) is 11.8 Å². The first-order chi connectivity index (χ1) is 12.4. The van der Waals surface area contributed by atoms with Gasteiger partial charge in [-0.3, -0.25) is 14.4 Å². The first-order valence-electron chi connectivity index (χ1n) is 8.07. The van der Waals surface area contributed by atoms with E-state index in [-0.39, 0.29) is 29.3 Å². The molecular weight excluding hydrogens is 372 g/mol. The topological polar surface area (TPSA) is 85.4 Å². The van der Waals surface area contributed by atoms with E-state index in [0.717, 1.165) is 4.34 Å². The van der Waals surface area contributed by atoms with Gasteiger partial charge in [-0.15, -0.1) is 11.3 Å². The van der Waals surface area contributed by atoms with Crippen LogP contribution in [-0.4, -0.2) is 34.5 Å². The largest absolute Gasteiger partial charge is 0.466 e. The van der Waals surface area contributed by atoms with E-state index in [1.165, 1.54) is 30.0 Å². The van der Waals surface area contributed by atoms with Crippen molar-refractivity contribution in [1.29, 1.82) is 0 Å². The minimum Gasteiger partial charge on any atom is -0.466 e. The molecule has 1 N–H and O–H groups in total. The first-order valence-corrected chi connectivity index (χ1v) is 9.83. The summed E-state index contributed by atoms with van der Waals surface area (Å²) in [6, 6.07) is 6.76. The highest BCUT2D eigenvalue weighted by Crippen LogP contribution is 2.27. The number of carbonyl (C=O) groups excluding carboxylic acids is 3. The number of amides is 1. The summed E-state index contributed by atoms with van der Waals surface area (Å²) in [5, 5.41) is 4.25. The number of benzene rings is 1. The van der Waals surface area contributed by atoms with Crippen LogP contribution < -0.4 is 5.32 Å². The van der Waals surface area contributed by atoms with Crippen LogP contribution in [0, 0.1) is 0 Å². The van der Waals surface area contributed by atoms with Crippen molar-refractivity contribution in [2.24, 2.45) is 0 Å². The van der Waals surface area contributed by atoms with Crippen molar-refractivity contribution < 1.29 is 19.1 Å². The fraction of sp³-hybridized carbons (Fsp3) is 0.333. The number of aromatic nitrogens is 1. The van der Waals surface area contributed by atoms with E-state index in [4.69, 9.17) is 4.74 Å². The quantitative estimate of drug-likeness (QED) is 0.420. The van der Waals surface area contributed by atoms with Crippen LogP contribution in [0.5, 0.6) is 0 Å². The number of carbonyl (C=O) groups is 3. The Balaban J connectivity index is 1.89. The molecule has 0 saturated heterocycles. The maximum absolute atomic E-state index is 12.3. The van der Waals surface area contributed by atoms with Gasteiger partial charge in [-0.25, -0.2) is 4.98 Å². The third-order valence-corrected chi connectivity index (χ3v) is 5.49. The Morgan fingerprint density at radius 1 is 1.27 bits per heavy atom. The number of nitrogens with one attached hydrogen (secondary N) is 1. The molecule has 0 spiro atoms. The molecule has 0 unspecified atom stereocenters. The van der Waals surface area contributed by atoms with Gasteiger partial charge in [0.25, 0.3) is 0 Å².